The van der Waals surface area contributed by atoms with E-state index in [1.807, 2.05) is 0 Å². The fourth-order valence-electron chi connectivity index (χ4n) is 2.60. The van der Waals surface area contributed by atoms with Crippen LogP contribution < -0.4 is 0 Å². The molecule has 0 atom stereocenters. The predicted octanol–water partition coefficient (Wildman–Crippen LogP) is 1.89. The van der Waals surface area contributed by atoms with Gasteiger partial charge in [-0.05, 0) is 25.0 Å². The van der Waals surface area contributed by atoms with Gasteiger partial charge in [0.05, 0.1) is 6.61 Å². The monoisotopic (exact) mass is 305 g/mol. The van der Waals surface area contributed by atoms with Crippen LogP contribution in [-0.2, 0) is 10.0 Å². The molecule has 0 saturated heterocycles. The number of nitrogens with zero attached hydrogens (tertiary/aromatic N) is 1. The van der Waals surface area contributed by atoms with Crippen molar-refractivity contribution in [3.8, 4) is 0 Å². The van der Waals surface area contributed by atoms with Crippen LogP contribution in [0.5, 0.6) is 0 Å². The number of halogens is 2. The van der Waals surface area contributed by atoms with E-state index in [1.165, 1.54) is 0 Å². The predicted molar refractivity (Wildman–Crippen MR) is 69.6 cm³/mol. The van der Waals surface area contributed by atoms with Crippen molar-refractivity contribution < 1.29 is 22.3 Å². The average Bonchev–Trinajstić information content (AvgIpc) is 2.88. The Kier molecular flexibility index (Phi) is 4.72. The number of hydrogen-bond acceptors (Lipinski definition) is 3. The largest absolute Gasteiger partial charge is 0.395 e. The Balaban J connectivity index is 2.39. The lowest BCUT2D eigenvalue weighted by atomic mass is 10.2. The van der Waals surface area contributed by atoms with Gasteiger partial charge in [0, 0.05) is 18.7 Å². The number of sulfonamides is 1. The summed E-state index contributed by atoms with van der Waals surface area (Å²) in [6.45, 7) is -0.414. The Morgan fingerprint density at radius 2 is 1.90 bits per heavy atom. The fraction of sp³-hybridized carbons (Fsp3) is 0.538. The van der Waals surface area contributed by atoms with Crippen molar-refractivity contribution >= 4 is 10.0 Å². The molecule has 1 aliphatic carbocycles. The number of hydrogen-bond donors (Lipinski definition) is 1. The molecule has 0 amide bonds. The van der Waals surface area contributed by atoms with Gasteiger partial charge in [-0.2, -0.15) is 4.31 Å². The zero-order valence-electron chi connectivity index (χ0n) is 10.9. The van der Waals surface area contributed by atoms with E-state index in [0.29, 0.717) is 18.9 Å². The van der Waals surface area contributed by atoms with Crippen molar-refractivity contribution in [1.29, 1.82) is 0 Å². The van der Waals surface area contributed by atoms with Crippen molar-refractivity contribution in [2.24, 2.45) is 0 Å². The van der Waals surface area contributed by atoms with Gasteiger partial charge in [0.2, 0.25) is 10.0 Å². The lowest BCUT2D eigenvalue weighted by Gasteiger charge is -2.27. The van der Waals surface area contributed by atoms with E-state index in [-0.39, 0.29) is 19.2 Å². The van der Waals surface area contributed by atoms with Gasteiger partial charge in [0.25, 0.3) is 0 Å². The first-order valence-electron chi connectivity index (χ1n) is 6.54. The van der Waals surface area contributed by atoms with Crippen LogP contribution in [0, 0.1) is 11.6 Å². The molecule has 0 spiro atoms. The van der Waals surface area contributed by atoms with E-state index < -0.39 is 26.6 Å². The standard InChI is InChI=1S/C13H17F2NO3S/c14-10-5-6-13(12(15)9-10)20(18,19)16(7-8-17)11-3-1-2-4-11/h5-6,9,11,17H,1-4,7-8H2. The van der Waals surface area contributed by atoms with E-state index in [4.69, 9.17) is 5.11 Å². The van der Waals surface area contributed by atoms with Gasteiger partial charge in [0.1, 0.15) is 16.5 Å². The quantitative estimate of drug-likeness (QED) is 0.904. The zero-order valence-corrected chi connectivity index (χ0v) is 11.7. The molecule has 0 heterocycles. The van der Waals surface area contributed by atoms with Gasteiger partial charge in [-0.3, -0.25) is 0 Å². The highest BCUT2D eigenvalue weighted by Crippen LogP contribution is 2.29. The molecule has 1 aromatic rings. The lowest BCUT2D eigenvalue weighted by molar-refractivity contribution is 0.226. The Morgan fingerprint density at radius 1 is 1.25 bits per heavy atom. The molecule has 2 rings (SSSR count). The summed E-state index contributed by atoms with van der Waals surface area (Å²) >= 11 is 0. The van der Waals surface area contributed by atoms with Gasteiger partial charge in [-0.1, -0.05) is 12.8 Å². The maximum absolute atomic E-state index is 13.7. The van der Waals surface area contributed by atoms with Gasteiger partial charge < -0.3 is 5.11 Å². The van der Waals surface area contributed by atoms with Crippen LogP contribution in [0.2, 0.25) is 0 Å². The van der Waals surface area contributed by atoms with Crippen LogP contribution in [-0.4, -0.2) is 37.0 Å². The summed E-state index contributed by atoms with van der Waals surface area (Å²) in [7, 11) is -4.06. The minimum Gasteiger partial charge on any atom is -0.395 e. The van der Waals surface area contributed by atoms with E-state index in [2.05, 4.69) is 0 Å². The number of rotatable bonds is 5. The molecular weight excluding hydrogens is 288 g/mol. The Labute approximate surface area is 117 Å². The Bertz CT molecular complexity index is 571. The van der Waals surface area contributed by atoms with Crippen LogP contribution in [0.25, 0.3) is 0 Å². The minimum atomic E-state index is -4.06. The molecule has 1 N–H and O–H groups in total. The molecule has 0 radical (unpaired) electrons. The minimum absolute atomic E-state index is 0.0795. The van der Waals surface area contributed by atoms with Crippen molar-refractivity contribution in [2.45, 2.75) is 36.6 Å². The maximum atomic E-state index is 13.7. The van der Waals surface area contributed by atoms with Gasteiger partial charge in [-0.15, -0.1) is 0 Å². The first-order valence-corrected chi connectivity index (χ1v) is 7.98. The molecule has 1 fully saturated rings. The van der Waals surface area contributed by atoms with Crippen LogP contribution >= 0.6 is 0 Å². The molecule has 112 valence electrons. The summed E-state index contributed by atoms with van der Waals surface area (Å²) in [6.07, 6.45) is 3.21. The second-order valence-electron chi connectivity index (χ2n) is 4.85. The van der Waals surface area contributed by atoms with Crippen molar-refractivity contribution in [1.82, 2.24) is 4.31 Å². The molecule has 1 aromatic carbocycles. The molecular formula is C13H17F2NO3S. The molecule has 1 saturated carbocycles. The smallest absolute Gasteiger partial charge is 0.246 e. The highest BCUT2D eigenvalue weighted by Gasteiger charge is 2.34. The maximum Gasteiger partial charge on any atom is 0.246 e. The van der Waals surface area contributed by atoms with E-state index in [1.54, 1.807) is 0 Å². The second-order valence-corrected chi connectivity index (χ2v) is 6.71. The van der Waals surface area contributed by atoms with Crippen LogP contribution in [0.3, 0.4) is 0 Å². The summed E-state index contributed by atoms with van der Waals surface area (Å²) in [4.78, 5) is -0.542. The number of benzene rings is 1. The van der Waals surface area contributed by atoms with Gasteiger partial charge in [-0.25, -0.2) is 17.2 Å². The highest BCUT2D eigenvalue weighted by molar-refractivity contribution is 7.89. The SMILES string of the molecule is O=S(=O)(c1ccc(F)cc1F)N(CCO)C1CCCC1. The van der Waals surface area contributed by atoms with Gasteiger partial charge >= 0.3 is 0 Å². The first kappa shape index (κ1) is 15.3. The molecule has 20 heavy (non-hydrogen) atoms. The molecule has 0 aromatic heterocycles. The summed E-state index contributed by atoms with van der Waals surface area (Å²) in [5.41, 5.74) is 0. The first-order chi connectivity index (χ1) is 9.46. The molecule has 7 heteroatoms. The lowest BCUT2D eigenvalue weighted by Crippen LogP contribution is -2.41. The van der Waals surface area contributed by atoms with E-state index in [9.17, 15) is 17.2 Å². The topological polar surface area (TPSA) is 57.6 Å². The molecule has 0 unspecified atom stereocenters. The highest BCUT2D eigenvalue weighted by atomic mass is 32.2. The van der Waals surface area contributed by atoms with Crippen molar-refractivity contribution in [3.63, 3.8) is 0 Å². The van der Waals surface area contributed by atoms with Gasteiger partial charge in [0.15, 0.2) is 0 Å². The summed E-state index contributed by atoms with van der Waals surface area (Å²) in [5, 5.41) is 9.06. The van der Waals surface area contributed by atoms with E-state index >= 15 is 0 Å². The Morgan fingerprint density at radius 3 is 2.45 bits per heavy atom. The second kappa shape index (κ2) is 6.15. The molecule has 1 aliphatic rings. The third kappa shape index (κ3) is 2.99. The zero-order chi connectivity index (χ0) is 14.8. The third-order valence-corrected chi connectivity index (χ3v) is 5.52. The number of aliphatic hydroxyl groups is 1. The van der Waals surface area contributed by atoms with Crippen LogP contribution in [0.15, 0.2) is 23.1 Å². The third-order valence-electron chi connectivity index (χ3n) is 3.53. The normalized spacial score (nSPS) is 17.0. The number of aliphatic hydroxyl groups excluding tert-OH is 1. The summed E-state index contributed by atoms with van der Waals surface area (Å²) in [5.74, 6) is -1.93. The Hall–Kier alpha value is -1.05. The molecule has 0 bridgehead atoms. The van der Waals surface area contributed by atoms with E-state index in [0.717, 1.165) is 29.3 Å². The molecule has 0 aliphatic heterocycles. The van der Waals surface area contributed by atoms with Crippen LogP contribution in [0.1, 0.15) is 25.7 Å². The summed E-state index contributed by atoms with van der Waals surface area (Å²) in [6, 6.07) is 2.18. The van der Waals surface area contributed by atoms with Crippen LogP contribution in [0.4, 0.5) is 8.78 Å². The molecule has 4 nitrogen and oxygen atoms in total. The van der Waals surface area contributed by atoms with Crippen molar-refractivity contribution in [2.75, 3.05) is 13.2 Å². The summed E-state index contributed by atoms with van der Waals surface area (Å²) < 4.78 is 52.7. The average molecular weight is 305 g/mol. The van der Waals surface area contributed by atoms with Crippen molar-refractivity contribution in [3.05, 3.63) is 29.8 Å². The fourth-order valence-corrected chi connectivity index (χ4v) is 4.32.